The van der Waals surface area contributed by atoms with Crippen LogP contribution >= 0.6 is 0 Å². The third-order valence-corrected chi connectivity index (χ3v) is 2.30. The Kier molecular flexibility index (Phi) is 5.42. The van der Waals surface area contributed by atoms with Crippen molar-refractivity contribution in [2.24, 2.45) is 0 Å². The van der Waals surface area contributed by atoms with Crippen LogP contribution in [0.2, 0.25) is 0 Å². The Hall–Kier alpha value is -2.48. The van der Waals surface area contributed by atoms with Crippen LogP contribution in [-0.2, 0) is 4.79 Å². The third-order valence-electron chi connectivity index (χ3n) is 2.30. The van der Waals surface area contributed by atoms with Crippen LogP contribution in [0.15, 0.2) is 23.8 Å². The van der Waals surface area contributed by atoms with E-state index in [1.54, 1.807) is 24.3 Å². The number of nitriles is 1. The number of hydrogen-bond donors (Lipinski definition) is 0. The molecule has 0 aliphatic heterocycles. The molecule has 0 aliphatic rings. The van der Waals surface area contributed by atoms with Crippen LogP contribution in [-0.4, -0.2) is 19.7 Å². The second kappa shape index (κ2) is 7.07. The second-order valence-electron chi connectivity index (χ2n) is 3.72. The molecule has 1 aromatic carbocycles. The van der Waals surface area contributed by atoms with Crippen LogP contribution in [0.25, 0.3) is 6.08 Å². The minimum Gasteiger partial charge on any atom is -0.544 e. The molecule has 0 spiro atoms. The lowest BCUT2D eigenvalue weighted by atomic mass is 10.1. The van der Waals surface area contributed by atoms with Crippen LogP contribution in [0.1, 0.15) is 18.9 Å². The van der Waals surface area contributed by atoms with Gasteiger partial charge in [-0.05, 0) is 30.2 Å². The fourth-order valence-corrected chi connectivity index (χ4v) is 1.41. The lowest BCUT2D eigenvalue weighted by Gasteiger charge is -2.10. The molecule has 0 atom stereocenters. The van der Waals surface area contributed by atoms with Gasteiger partial charge in [0.1, 0.15) is 6.07 Å². The van der Waals surface area contributed by atoms with E-state index < -0.39 is 11.5 Å². The van der Waals surface area contributed by atoms with Crippen molar-refractivity contribution >= 4 is 12.0 Å². The average molecular weight is 260 g/mol. The predicted octanol–water partition coefficient (Wildman–Crippen LogP) is 1.14. The number of benzene rings is 1. The lowest BCUT2D eigenvalue weighted by Crippen LogP contribution is -2.23. The molecule has 0 amide bonds. The van der Waals surface area contributed by atoms with Gasteiger partial charge in [0.15, 0.2) is 11.5 Å². The summed E-state index contributed by atoms with van der Waals surface area (Å²) in [5, 5.41) is 19.3. The number of carboxylic acids is 1. The van der Waals surface area contributed by atoms with Gasteiger partial charge in [-0.2, -0.15) is 5.26 Å². The maximum Gasteiger partial charge on any atom is 0.161 e. The Morgan fingerprint density at radius 2 is 2.21 bits per heavy atom. The van der Waals surface area contributed by atoms with Crippen molar-refractivity contribution in [1.82, 2.24) is 0 Å². The van der Waals surface area contributed by atoms with E-state index in [-0.39, 0.29) is 0 Å². The zero-order chi connectivity index (χ0) is 14.3. The van der Waals surface area contributed by atoms with Crippen molar-refractivity contribution in [3.8, 4) is 17.6 Å². The van der Waals surface area contributed by atoms with Crippen LogP contribution < -0.4 is 14.6 Å². The summed E-state index contributed by atoms with van der Waals surface area (Å²) in [5.41, 5.74) is 0.0965. The van der Waals surface area contributed by atoms with Crippen molar-refractivity contribution in [3.05, 3.63) is 29.3 Å². The van der Waals surface area contributed by atoms with Gasteiger partial charge in [-0.1, -0.05) is 13.0 Å². The standard InChI is InChI=1S/C14H15NO4/c1-3-6-19-13-8-10(4-5-12(13)18-2)7-11(9-15)14(16)17/h4-5,7-8H,3,6H2,1-2H3,(H,16,17)/p-1/b11-7+. The summed E-state index contributed by atoms with van der Waals surface area (Å²) in [6.07, 6.45) is 2.07. The second-order valence-corrected chi connectivity index (χ2v) is 3.72. The molecule has 0 saturated heterocycles. The van der Waals surface area contributed by atoms with E-state index in [1.165, 1.54) is 13.2 Å². The zero-order valence-electron chi connectivity index (χ0n) is 10.8. The Balaban J connectivity index is 3.11. The van der Waals surface area contributed by atoms with Gasteiger partial charge in [0, 0.05) is 0 Å². The van der Waals surface area contributed by atoms with Crippen molar-refractivity contribution < 1.29 is 19.4 Å². The van der Waals surface area contributed by atoms with Crippen LogP contribution in [0.5, 0.6) is 11.5 Å². The maximum absolute atomic E-state index is 10.7. The summed E-state index contributed by atoms with van der Waals surface area (Å²) in [4.78, 5) is 10.7. The van der Waals surface area contributed by atoms with Crippen LogP contribution in [0.4, 0.5) is 0 Å². The maximum atomic E-state index is 10.7. The molecule has 0 bridgehead atoms. The summed E-state index contributed by atoms with van der Waals surface area (Å²) >= 11 is 0. The number of carbonyl (C=O) groups is 1. The number of methoxy groups -OCH3 is 1. The van der Waals surface area contributed by atoms with E-state index in [0.29, 0.717) is 23.7 Å². The van der Waals surface area contributed by atoms with Crippen molar-refractivity contribution in [2.45, 2.75) is 13.3 Å². The molecular formula is C14H14NO4-. The van der Waals surface area contributed by atoms with Gasteiger partial charge in [0.25, 0.3) is 0 Å². The topological polar surface area (TPSA) is 82.4 Å². The first-order valence-corrected chi connectivity index (χ1v) is 5.76. The molecule has 5 heteroatoms. The number of ether oxygens (including phenoxy) is 2. The third kappa shape index (κ3) is 4.03. The minimum atomic E-state index is -1.51. The summed E-state index contributed by atoms with van der Waals surface area (Å²) < 4.78 is 10.6. The van der Waals surface area contributed by atoms with Gasteiger partial charge in [0.05, 0.1) is 25.3 Å². The van der Waals surface area contributed by atoms with E-state index in [9.17, 15) is 9.90 Å². The molecule has 0 heterocycles. The molecule has 0 radical (unpaired) electrons. The highest BCUT2D eigenvalue weighted by Crippen LogP contribution is 2.29. The SMILES string of the molecule is CCCOc1cc(/C=C(\C#N)C(=O)[O-])ccc1OC. The van der Waals surface area contributed by atoms with Gasteiger partial charge in [-0.25, -0.2) is 0 Å². The number of nitrogens with zero attached hydrogens (tertiary/aromatic N) is 1. The Morgan fingerprint density at radius 1 is 1.47 bits per heavy atom. The van der Waals surface area contributed by atoms with Gasteiger partial charge >= 0.3 is 0 Å². The molecule has 0 fully saturated rings. The first kappa shape index (κ1) is 14.6. The molecular weight excluding hydrogens is 246 g/mol. The molecule has 1 rings (SSSR count). The van der Waals surface area contributed by atoms with Crippen molar-refractivity contribution in [2.75, 3.05) is 13.7 Å². The van der Waals surface area contributed by atoms with E-state index in [2.05, 4.69) is 0 Å². The quantitative estimate of drug-likeness (QED) is 0.566. The normalized spacial score (nSPS) is 10.7. The number of rotatable bonds is 6. The fraction of sp³-hybridized carbons (Fsp3) is 0.286. The number of carbonyl (C=O) groups excluding carboxylic acids is 1. The van der Waals surface area contributed by atoms with Crippen LogP contribution in [0.3, 0.4) is 0 Å². The molecule has 19 heavy (non-hydrogen) atoms. The molecule has 0 saturated carbocycles. The molecule has 0 unspecified atom stereocenters. The van der Waals surface area contributed by atoms with Crippen molar-refractivity contribution in [1.29, 1.82) is 5.26 Å². The Morgan fingerprint density at radius 3 is 2.74 bits per heavy atom. The van der Waals surface area contributed by atoms with E-state index in [1.807, 2.05) is 6.92 Å². The summed E-state index contributed by atoms with van der Waals surface area (Å²) in [7, 11) is 1.52. The number of aliphatic carboxylic acids is 1. The van der Waals surface area contributed by atoms with E-state index in [0.717, 1.165) is 6.42 Å². The highest BCUT2D eigenvalue weighted by Gasteiger charge is 2.05. The summed E-state index contributed by atoms with van der Waals surface area (Å²) in [5.74, 6) is -0.444. The molecule has 100 valence electrons. The predicted molar refractivity (Wildman–Crippen MR) is 67.4 cm³/mol. The highest BCUT2D eigenvalue weighted by atomic mass is 16.5. The monoisotopic (exact) mass is 260 g/mol. The Labute approximate surface area is 111 Å². The van der Waals surface area contributed by atoms with Crippen molar-refractivity contribution in [3.63, 3.8) is 0 Å². The smallest absolute Gasteiger partial charge is 0.161 e. The summed E-state index contributed by atoms with van der Waals surface area (Å²) in [6, 6.07) is 6.48. The largest absolute Gasteiger partial charge is 0.544 e. The van der Waals surface area contributed by atoms with Crippen LogP contribution in [0, 0.1) is 11.3 Å². The Bertz CT molecular complexity index is 529. The first-order valence-electron chi connectivity index (χ1n) is 5.76. The van der Waals surface area contributed by atoms with E-state index in [4.69, 9.17) is 14.7 Å². The molecule has 0 aromatic heterocycles. The molecule has 0 N–H and O–H groups in total. The lowest BCUT2D eigenvalue weighted by molar-refractivity contribution is -0.298. The highest BCUT2D eigenvalue weighted by molar-refractivity contribution is 5.95. The van der Waals surface area contributed by atoms with E-state index >= 15 is 0 Å². The molecule has 5 nitrogen and oxygen atoms in total. The fourth-order valence-electron chi connectivity index (χ4n) is 1.41. The average Bonchev–Trinajstić information content (AvgIpc) is 2.42. The first-order chi connectivity index (χ1) is 9.12. The van der Waals surface area contributed by atoms with Gasteiger partial charge in [-0.3, -0.25) is 0 Å². The minimum absolute atomic E-state index is 0.438. The molecule has 0 aliphatic carbocycles. The van der Waals surface area contributed by atoms with Gasteiger partial charge in [-0.15, -0.1) is 0 Å². The molecule has 1 aromatic rings. The van der Waals surface area contributed by atoms with Gasteiger partial charge in [0.2, 0.25) is 0 Å². The summed E-state index contributed by atoms with van der Waals surface area (Å²) in [6.45, 7) is 2.50. The van der Waals surface area contributed by atoms with Gasteiger partial charge < -0.3 is 19.4 Å². The number of carboxylic acid groups (broad SMARTS) is 1. The zero-order valence-corrected chi connectivity index (χ0v) is 10.8. The number of hydrogen-bond acceptors (Lipinski definition) is 5.